The number of hydrogen-bond acceptors (Lipinski definition) is 6. The Morgan fingerprint density at radius 1 is 0.857 bits per heavy atom. The summed E-state index contributed by atoms with van der Waals surface area (Å²) >= 11 is 0. The Labute approximate surface area is 119 Å². The highest BCUT2D eigenvalue weighted by Gasteiger charge is 2.11. The lowest BCUT2D eigenvalue weighted by molar-refractivity contribution is 0.104. The number of ketones is 1. The van der Waals surface area contributed by atoms with Crippen molar-refractivity contribution in [3.8, 4) is 28.7 Å². The molecule has 6 nitrogen and oxygen atoms in total. The predicted molar refractivity (Wildman–Crippen MR) is 74.6 cm³/mol. The topological polar surface area (TPSA) is 118 Å². The van der Waals surface area contributed by atoms with Crippen LogP contribution in [-0.2, 0) is 0 Å². The minimum atomic E-state index is -0.702. The summed E-state index contributed by atoms with van der Waals surface area (Å²) < 4.78 is 0. The SMILES string of the molecule is O=C(C=Cc1ccc(O)cc1O)c1cc(O)c(O)c(O)c1. The van der Waals surface area contributed by atoms with Crippen LogP contribution in [0.2, 0.25) is 0 Å². The van der Waals surface area contributed by atoms with Crippen molar-refractivity contribution in [3.63, 3.8) is 0 Å². The van der Waals surface area contributed by atoms with Gasteiger partial charge in [-0.15, -0.1) is 0 Å². The first-order valence-electron chi connectivity index (χ1n) is 5.88. The molecule has 108 valence electrons. The Morgan fingerprint density at radius 3 is 2.05 bits per heavy atom. The smallest absolute Gasteiger partial charge is 0.200 e. The summed E-state index contributed by atoms with van der Waals surface area (Å²) in [5.41, 5.74) is 0.283. The number of phenolic OH excluding ortho intramolecular Hbond substituents is 5. The summed E-state index contributed by atoms with van der Waals surface area (Å²) in [5, 5.41) is 46.6. The van der Waals surface area contributed by atoms with Crippen LogP contribution in [0.3, 0.4) is 0 Å². The van der Waals surface area contributed by atoms with E-state index in [0.717, 1.165) is 24.3 Å². The van der Waals surface area contributed by atoms with Crippen LogP contribution in [0.15, 0.2) is 36.4 Å². The lowest BCUT2D eigenvalue weighted by atomic mass is 10.1. The molecule has 0 amide bonds. The molecule has 0 saturated heterocycles. The van der Waals surface area contributed by atoms with Crippen LogP contribution in [0.5, 0.6) is 28.7 Å². The first-order valence-corrected chi connectivity index (χ1v) is 5.88. The molecule has 0 bridgehead atoms. The van der Waals surface area contributed by atoms with Crippen molar-refractivity contribution in [2.75, 3.05) is 0 Å². The van der Waals surface area contributed by atoms with Crippen molar-refractivity contribution in [3.05, 3.63) is 47.5 Å². The molecular weight excluding hydrogens is 276 g/mol. The molecule has 0 aliphatic carbocycles. The van der Waals surface area contributed by atoms with Gasteiger partial charge in [-0.3, -0.25) is 4.79 Å². The van der Waals surface area contributed by atoms with E-state index in [1.807, 2.05) is 0 Å². The monoisotopic (exact) mass is 288 g/mol. The summed E-state index contributed by atoms with van der Waals surface area (Å²) in [4.78, 5) is 11.9. The van der Waals surface area contributed by atoms with Gasteiger partial charge in [0.05, 0.1) is 0 Å². The maximum absolute atomic E-state index is 11.9. The van der Waals surface area contributed by atoms with E-state index >= 15 is 0 Å². The summed E-state index contributed by atoms with van der Waals surface area (Å²) in [5.74, 6) is -2.78. The van der Waals surface area contributed by atoms with Gasteiger partial charge in [0.1, 0.15) is 11.5 Å². The van der Waals surface area contributed by atoms with Gasteiger partial charge < -0.3 is 25.5 Å². The van der Waals surface area contributed by atoms with Gasteiger partial charge >= 0.3 is 0 Å². The van der Waals surface area contributed by atoms with Crippen molar-refractivity contribution in [2.45, 2.75) is 0 Å². The molecule has 21 heavy (non-hydrogen) atoms. The Hall–Kier alpha value is -3.15. The van der Waals surface area contributed by atoms with Gasteiger partial charge in [-0.1, -0.05) is 0 Å². The fourth-order valence-electron chi connectivity index (χ4n) is 1.68. The van der Waals surface area contributed by atoms with E-state index in [2.05, 4.69) is 0 Å². The van der Waals surface area contributed by atoms with Gasteiger partial charge in [0.25, 0.3) is 0 Å². The lowest BCUT2D eigenvalue weighted by Gasteiger charge is -2.03. The Kier molecular flexibility index (Phi) is 3.71. The van der Waals surface area contributed by atoms with Crippen LogP contribution in [0.25, 0.3) is 6.08 Å². The molecule has 5 N–H and O–H groups in total. The first kappa shape index (κ1) is 14.3. The van der Waals surface area contributed by atoms with Crippen LogP contribution in [-0.4, -0.2) is 31.3 Å². The zero-order chi connectivity index (χ0) is 15.6. The molecule has 0 atom stereocenters. The summed E-state index contributed by atoms with van der Waals surface area (Å²) in [6.45, 7) is 0. The van der Waals surface area contributed by atoms with Crippen molar-refractivity contribution in [1.82, 2.24) is 0 Å². The third-order valence-electron chi connectivity index (χ3n) is 2.78. The summed E-state index contributed by atoms with van der Waals surface area (Å²) in [7, 11) is 0. The average molecular weight is 288 g/mol. The average Bonchev–Trinajstić information content (AvgIpc) is 2.43. The van der Waals surface area contributed by atoms with E-state index < -0.39 is 23.0 Å². The zero-order valence-corrected chi connectivity index (χ0v) is 10.7. The van der Waals surface area contributed by atoms with Crippen LogP contribution in [0.1, 0.15) is 15.9 Å². The van der Waals surface area contributed by atoms with Gasteiger partial charge in [-0.2, -0.15) is 0 Å². The minimum Gasteiger partial charge on any atom is -0.508 e. The van der Waals surface area contributed by atoms with E-state index in [4.69, 9.17) is 5.11 Å². The van der Waals surface area contributed by atoms with Crippen molar-refractivity contribution in [2.24, 2.45) is 0 Å². The molecule has 2 aromatic carbocycles. The van der Waals surface area contributed by atoms with E-state index in [-0.39, 0.29) is 17.1 Å². The summed E-state index contributed by atoms with van der Waals surface area (Å²) in [6, 6.07) is 5.92. The molecule has 0 aromatic heterocycles. The fourth-order valence-corrected chi connectivity index (χ4v) is 1.68. The van der Waals surface area contributed by atoms with Gasteiger partial charge in [0, 0.05) is 17.2 Å². The highest BCUT2D eigenvalue weighted by molar-refractivity contribution is 6.07. The van der Waals surface area contributed by atoms with E-state index in [0.29, 0.717) is 5.56 Å². The molecule has 0 spiro atoms. The van der Waals surface area contributed by atoms with Crippen molar-refractivity contribution < 1.29 is 30.3 Å². The number of phenols is 5. The second-order valence-electron chi connectivity index (χ2n) is 4.30. The van der Waals surface area contributed by atoms with E-state index in [9.17, 15) is 25.2 Å². The van der Waals surface area contributed by atoms with Gasteiger partial charge in [0.2, 0.25) is 0 Å². The molecule has 2 aromatic rings. The molecule has 0 fully saturated rings. The number of allylic oxidation sites excluding steroid dienone is 1. The van der Waals surface area contributed by atoms with Crippen molar-refractivity contribution >= 4 is 11.9 Å². The number of aromatic hydroxyl groups is 5. The number of carbonyl (C=O) groups excluding carboxylic acids is 1. The van der Waals surface area contributed by atoms with Crippen molar-refractivity contribution in [1.29, 1.82) is 0 Å². The maximum atomic E-state index is 11.9. The number of benzene rings is 2. The molecular formula is C15H12O6. The van der Waals surface area contributed by atoms with Crippen LogP contribution >= 0.6 is 0 Å². The maximum Gasteiger partial charge on any atom is 0.200 e. The minimum absolute atomic E-state index is 0.0303. The Bertz CT molecular complexity index is 710. The number of hydrogen-bond donors (Lipinski definition) is 5. The molecule has 0 aliphatic rings. The molecule has 0 saturated carbocycles. The molecule has 2 rings (SSSR count). The second-order valence-corrected chi connectivity index (χ2v) is 4.30. The third-order valence-corrected chi connectivity index (χ3v) is 2.78. The molecule has 6 heteroatoms. The first-order chi connectivity index (χ1) is 9.88. The standard InChI is InChI=1S/C15H12O6/c16-10-3-1-8(12(18)7-10)2-4-11(17)9-5-13(19)15(21)14(20)6-9/h1-7,16,18-21H. The van der Waals surface area contributed by atoms with Crippen LogP contribution in [0.4, 0.5) is 0 Å². The molecule has 0 aliphatic heterocycles. The van der Waals surface area contributed by atoms with E-state index in [1.54, 1.807) is 0 Å². The van der Waals surface area contributed by atoms with Gasteiger partial charge in [0.15, 0.2) is 23.0 Å². The van der Waals surface area contributed by atoms with Gasteiger partial charge in [-0.25, -0.2) is 0 Å². The third kappa shape index (κ3) is 3.06. The highest BCUT2D eigenvalue weighted by atomic mass is 16.3. The summed E-state index contributed by atoms with van der Waals surface area (Å²) in [6.07, 6.45) is 2.44. The fraction of sp³-hybridized carbons (Fsp3) is 0. The lowest BCUT2D eigenvalue weighted by Crippen LogP contribution is -1.94. The zero-order valence-electron chi connectivity index (χ0n) is 10.7. The van der Waals surface area contributed by atoms with Crippen LogP contribution in [0, 0.1) is 0 Å². The molecule has 0 radical (unpaired) electrons. The Morgan fingerprint density at radius 2 is 1.48 bits per heavy atom. The molecule has 0 heterocycles. The highest BCUT2D eigenvalue weighted by Crippen LogP contribution is 2.35. The number of rotatable bonds is 3. The van der Waals surface area contributed by atoms with Gasteiger partial charge in [-0.05, 0) is 36.4 Å². The predicted octanol–water partition coefficient (Wildman–Crippen LogP) is 2.11. The Balaban J connectivity index is 2.27. The quantitative estimate of drug-likeness (QED) is 0.335. The second kappa shape index (κ2) is 5.46. The largest absolute Gasteiger partial charge is 0.508 e. The molecule has 0 unspecified atom stereocenters. The van der Waals surface area contributed by atoms with Crippen LogP contribution < -0.4 is 0 Å². The number of carbonyl (C=O) groups is 1. The normalized spacial score (nSPS) is 10.9. The van der Waals surface area contributed by atoms with E-state index in [1.165, 1.54) is 18.2 Å².